The fourth-order valence-corrected chi connectivity index (χ4v) is 3.66. The number of nitrogens with zero attached hydrogens (tertiary/aromatic N) is 2. The maximum atomic E-state index is 12.7. The van der Waals surface area contributed by atoms with Crippen molar-refractivity contribution in [2.45, 2.75) is 25.8 Å². The fourth-order valence-electron chi connectivity index (χ4n) is 3.66. The van der Waals surface area contributed by atoms with Gasteiger partial charge in [-0.05, 0) is 43.4 Å². The summed E-state index contributed by atoms with van der Waals surface area (Å²) in [6.45, 7) is 3.70. The van der Waals surface area contributed by atoms with Gasteiger partial charge in [0, 0.05) is 30.2 Å². The lowest BCUT2D eigenvalue weighted by molar-refractivity contribution is 0.0928. The third kappa shape index (κ3) is 3.58. The summed E-state index contributed by atoms with van der Waals surface area (Å²) in [6.07, 6.45) is 1.71. The first-order chi connectivity index (χ1) is 13.1. The Morgan fingerprint density at radius 3 is 2.63 bits per heavy atom. The number of hydrogen-bond acceptors (Lipinski definition) is 4. The average molecular weight is 361 g/mol. The molecule has 1 aliphatic heterocycles. The van der Waals surface area contributed by atoms with Crippen molar-refractivity contribution in [3.8, 4) is 5.75 Å². The highest BCUT2D eigenvalue weighted by molar-refractivity contribution is 6.03. The Bertz CT molecular complexity index is 978. The smallest absolute Gasteiger partial charge is 0.255 e. The zero-order valence-electron chi connectivity index (χ0n) is 15.4. The molecule has 1 aromatic heterocycles. The van der Waals surface area contributed by atoms with Crippen LogP contribution in [0, 0.1) is 6.92 Å². The molecule has 2 heterocycles. The summed E-state index contributed by atoms with van der Waals surface area (Å²) in [6, 6.07) is 17.2. The molecule has 0 saturated carbocycles. The topological polar surface area (TPSA) is 65.5 Å². The van der Waals surface area contributed by atoms with Crippen molar-refractivity contribution < 1.29 is 9.90 Å². The quantitative estimate of drug-likeness (QED) is 0.747. The van der Waals surface area contributed by atoms with E-state index in [1.54, 1.807) is 6.07 Å². The van der Waals surface area contributed by atoms with Crippen LogP contribution in [-0.4, -0.2) is 35.1 Å². The molecule has 3 aromatic rings. The summed E-state index contributed by atoms with van der Waals surface area (Å²) >= 11 is 0. The van der Waals surface area contributed by atoms with Crippen LogP contribution in [0.4, 0.5) is 5.82 Å². The van der Waals surface area contributed by atoms with Crippen LogP contribution in [0.15, 0.2) is 54.6 Å². The second-order valence-corrected chi connectivity index (χ2v) is 7.05. The van der Waals surface area contributed by atoms with Gasteiger partial charge in [-0.3, -0.25) is 4.79 Å². The first kappa shape index (κ1) is 17.3. The molecule has 1 fully saturated rings. The Morgan fingerprint density at radius 1 is 1.07 bits per heavy atom. The van der Waals surface area contributed by atoms with Gasteiger partial charge in [-0.1, -0.05) is 36.4 Å². The van der Waals surface area contributed by atoms with Crippen LogP contribution < -0.4 is 10.2 Å². The van der Waals surface area contributed by atoms with Gasteiger partial charge in [0.2, 0.25) is 0 Å². The molecular weight excluding hydrogens is 338 g/mol. The van der Waals surface area contributed by atoms with Crippen LogP contribution in [0.5, 0.6) is 5.75 Å². The molecule has 2 aromatic carbocycles. The number of phenolic OH excluding ortho intramolecular Hbond substituents is 1. The second-order valence-electron chi connectivity index (χ2n) is 7.05. The molecule has 27 heavy (non-hydrogen) atoms. The lowest BCUT2D eigenvalue weighted by atomic mass is 10.0. The van der Waals surface area contributed by atoms with Crippen LogP contribution in [0.3, 0.4) is 0 Å². The minimum atomic E-state index is -0.217. The van der Waals surface area contributed by atoms with Gasteiger partial charge < -0.3 is 15.3 Å². The maximum Gasteiger partial charge on any atom is 0.255 e. The Kier molecular flexibility index (Phi) is 4.67. The molecule has 0 spiro atoms. The van der Waals surface area contributed by atoms with Crippen LogP contribution in [0.25, 0.3) is 10.8 Å². The number of phenols is 1. The SMILES string of the molecule is Cc1cccc(N2CCC(NC(=O)c3ccc4ccccc4c3O)CC2)n1. The highest BCUT2D eigenvalue weighted by atomic mass is 16.3. The van der Waals surface area contributed by atoms with E-state index in [2.05, 4.69) is 15.2 Å². The summed E-state index contributed by atoms with van der Waals surface area (Å²) in [7, 11) is 0. The summed E-state index contributed by atoms with van der Waals surface area (Å²) in [4.78, 5) is 19.5. The van der Waals surface area contributed by atoms with Crippen molar-refractivity contribution in [2.75, 3.05) is 18.0 Å². The molecule has 0 bridgehead atoms. The molecular formula is C22H23N3O2. The summed E-state index contributed by atoms with van der Waals surface area (Å²) < 4.78 is 0. The number of hydrogen-bond donors (Lipinski definition) is 2. The Balaban J connectivity index is 1.42. The summed E-state index contributed by atoms with van der Waals surface area (Å²) in [5.41, 5.74) is 1.34. The van der Waals surface area contributed by atoms with Gasteiger partial charge in [0.05, 0.1) is 5.56 Å². The highest BCUT2D eigenvalue weighted by Crippen LogP contribution is 2.29. The predicted octanol–water partition coefficient (Wildman–Crippen LogP) is 3.65. The fraction of sp³-hybridized carbons (Fsp3) is 0.273. The van der Waals surface area contributed by atoms with Gasteiger partial charge in [0.1, 0.15) is 11.6 Å². The van der Waals surface area contributed by atoms with Crippen molar-refractivity contribution in [3.63, 3.8) is 0 Å². The Hall–Kier alpha value is -3.08. The standard InChI is InChI=1S/C22H23N3O2/c1-15-5-4-8-20(23-15)25-13-11-17(12-14-25)24-22(27)19-10-9-16-6-2-3-7-18(16)21(19)26/h2-10,17,26H,11-14H2,1H3,(H,24,27). The Labute approximate surface area is 158 Å². The first-order valence-corrected chi connectivity index (χ1v) is 9.32. The number of aryl methyl sites for hydroxylation is 1. The van der Waals surface area contributed by atoms with Crippen molar-refractivity contribution in [3.05, 3.63) is 65.9 Å². The molecule has 1 saturated heterocycles. The van der Waals surface area contributed by atoms with Crippen LogP contribution in [0.2, 0.25) is 0 Å². The molecule has 1 amide bonds. The molecule has 0 atom stereocenters. The third-order valence-electron chi connectivity index (χ3n) is 5.17. The first-order valence-electron chi connectivity index (χ1n) is 9.32. The zero-order chi connectivity index (χ0) is 18.8. The van der Waals surface area contributed by atoms with Gasteiger partial charge >= 0.3 is 0 Å². The van der Waals surface area contributed by atoms with Crippen molar-refractivity contribution in [1.29, 1.82) is 0 Å². The number of fused-ring (bicyclic) bond motifs is 1. The van der Waals surface area contributed by atoms with E-state index in [-0.39, 0.29) is 17.7 Å². The number of piperidine rings is 1. The van der Waals surface area contributed by atoms with Gasteiger partial charge in [0.25, 0.3) is 5.91 Å². The normalized spacial score (nSPS) is 15.1. The van der Waals surface area contributed by atoms with E-state index in [9.17, 15) is 9.90 Å². The van der Waals surface area contributed by atoms with E-state index in [1.165, 1.54) is 0 Å². The van der Waals surface area contributed by atoms with E-state index < -0.39 is 0 Å². The number of rotatable bonds is 3. The molecule has 1 aliphatic rings. The van der Waals surface area contributed by atoms with Crippen molar-refractivity contribution in [2.24, 2.45) is 0 Å². The number of benzene rings is 2. The van der Waals surface area contributed by atoms with Crippen LogP contribution >= 0.6 is 0 Å². The summed E-state index contributed by atoms with van der Waals surface area (Å²) in [5, 5.41) is 15.2. The van der Waals surface area contributed by atoms with E-state index >= 15 is 0 Å². The number of aromatic hydroxyl groups is 1. The number of amides is 1. The molecule has 4 rings (SSSR count). The average Bonchev–Trinajstić information content (AvgIpc) is 2.69. The Morgan fingerprint density at radius 2 is 1.85 bits per heavy atom. The van der Waals surface area contributed by atoms with E-state index in [1.807, 2.05) is 55.5 Å². The molecule has 0 aliphatic carbocycles. The largest absolute Gasteiger partial charge is 0.506 e. The maximum absolute atomic E-state index is 12.7. The van der Waals surface area contributed by atoms with E-state index in [0.717, 1.165) is 42.8 Å². The minimum Gasteiger partial charge on any atom is -0.506 e. The number of anilines is 1. The van der Waals surface area contributed by atoms with Gasteiger partial charge in [-0.25, -0.2) is 4.98 Å². The van der Waals surface area contributed by atoms with Gasteiger partial charge in [0.15, 0.2) is 0 Å². The number of carbonyl (C=O) groups excluding carboxylic acids is 1. The van der Waals surface area contributed by atoms with Gasteiger partial charge in [-0.2, -0.15) is 0 Å². The molecule has 138 valence electrons. The molecule has 5 nitrogen and oxygen atoms in total. The monoisotopic (exact) mass is 361 g/mol. The number of aromatic nitrogens is 1. The van der Waals surface area contributed by atoms with Crippen molar-refractivity contribution >= 4 is 22.5 Å². The minimum absolute atomic E-state index is 0.0481. The molecule has 0 unspecified atom stereocenters. The number of carbonyl (C=O) groups is 1. The lowest BCUT2D eigenvalue weighted by Crippen LogP contribution is -2.45. The third-order valence-corrected chi connectivity index (χ3v) is 5.17. The van der Waals surface area contributed by atoms with Crippen LogP contribution in [-0.2, 0) is 0 Å². The van der Waals surface area contributed by atoms with Crippen LogP contribution in [0.1, 0.15) is 28.9 Å². The van der Waals surface area contributed by atoms with Gasteiger partial charge in [-0.15, -0.1) is 0 Å². The number of nitrogens with one attached hydrogen (secondary N) is 1. The van der Waals surface area contributed by atoms with Crippen molar-refractivity contribution in [1.82, 2.24) is 10.3 Å². The molecule has 5 heteroatoms. The zero-order valence-corrected chi connectivity index (χ0v) is 15.4. The molecule has 0 radical (unpaired) electrons. The number of pyridine rings is 1. The second kappa shape index (κ2) is 7.27. The molecule has 2 N–H and O–H groups in total. The van der Waals surface area contributed by atoms with E-state index in [0.29, 0.717) is 10.9 Å². The lowest BCUT2D eigenvalue weighted by Gasteiger charge is -2.33. The summed E-state index contributed by atoms with van der Waals surface area (Å²) in [5.74, 6) is 0.823. The predicted molar refractivity (Wildman–Crippen MR) is 107 cm³/mol. The van der Waals surface area contributed by atoms with E-state index in [4.69, 9.17) is 0 Å². The highest BCUT2D eigenvalue weighted by Gasteiger charge is 2.23.